The Morgan fingerprint density at radius 2 is 1.14 bits per heavy atom. The lowest BCUT2D eigenvalue weighted by Gasteiger charge is -2.15. The van der Waals surface area contributed by atoms with Crippen LogP contribution in [0.25, 0.3) is 0 Å². The van der Waals surface area contributed by atoms with Crippen LogP contribution in [-0.2, 0) is 17.1 Å². The van der Waals surface area contributed by atoms with Crippen LogP contribution in [0.15, 0.2) is 73.1 Å². The number of carbonyl (C=O) groups excluding carboxylic acids is 1. The van der Waals surface area contributed by atoms with Crippen LogP contribution in [-0.4, -0.2) is 22.0 Å². The van der Waals surface area contributed by atoms with Crippen molar-refractivity contribution in [1.29, 1.82) is 0 Å². The first-order valence-corrected chi connectivity index (χ1v) is 12.4. The zero-order valence-corrected chi connectivity index (χ0v) is 22.6. The van der Waals surface area contributed by atoms with Crippen LogP contribution in [0.1, 0.15) is 18.1 Å². The summed E-state index contributed by atoms with van der Waals surface area (Å²) in [6, 6.07) is 13.1. The number of hydrogen-bond acceptors (Lipinski definition) is 6. The Kier molecular flexibility index (Phi) is 9.02. The summed E-state index contributed by atoms with van der Waals surface area (Å²) in [6.45, 7) is 1.50. The molecular weight excluding hydrogens is 615 g/mol. The van der Waals surface area contributed by atoms with Gasteiger partial charge in [-0.05, 0) is 67.6 Å². The first-order valence-electron chi connectivity index (χ1n) is 11.7. The second-order valence-electron chi connectivity index (χ2n) is 8.47. The van der Waals surface area contributed by atoms with Crippen LogP contribution in [0.2, 0.25) is 10.0 Å². The monoisotopic (exact) mass is 631 g/mol. The van der Waals surface area contributed by atoms with Crippen molar-refractivity contribution < 1.29 is 45.3 Å². The number of rotatable bonds is 8. The maximum Gasteiger partial charge on any atom is 0.417 e. The highest BCUT2D eigenvalue weighted by Gasteiger charge is 2.32. The molecule has 42 heavy (non-hydrogen) atoms. The standard InChI is InChI=1S/C27H17Cl2F6N3O4/c1-14(40-18-6-8-20(9-7-18)42-25-22(29)11-16(13-37-25)27(33,34)35)23(39)38-17-2-4-19(5-3-17)41-24-21(28)10-15(12-36-24)26(30,31)32/h2-14H,1H3,(H,38,39). The lowest BCUT2D eigenvalue weighted by Crippen LogP contribution is -2.30. The summed E-state index contributed by atoms with van der Waals surface area (Å²) < 4.78 is 93.1. The van der Waals surface area contributed by atoms with Crippen molar-refractivity contribution >= 4 is 34.8 Å². The molecule has 2 aromatic heterocycles. The summed E-state index contributed by atoms with van der Waals surface area (Å²) in [4.78, 5) is 19.8. The van der Waals surface area contributed by atoms with Gasteiger partial charge in [0.25, 0.3) is 5.91 Å². The third-order valence-electron chi connectivity index (χ3n) is 5.33. The minimum atomic E-state index is -4.60. The van der Waals surface area contributed by atoms with Gasteiger partial charge in [-0.2, -0.15) is 26.3 Å². The first-order chi connectivity index (χ1) is 19.7. The van der Waals surface area contributed by atoms with Crippen LogP contribution in [0.3, 0.4) is 0 Å². The van der Waals surface area contributed by atoms with Gasteiger partial charge in [-0.1, -0.05) is 23.2 Å². The van der Waals surface area contributed by atoms with Gasteiger partial charge in [-0.3, -0.25) is 4.79 Å². The van der Waals surface area contributed by atoms with Crippen molar-refractivity contribution in [1.82, 2.24) is 9.97 Å². The number of amides is 1. The zero-order valence-electron chi connectivity index (χ0n) is 21.1. The van der Waals surface area contributed by atoms with Crippen LogP contribution in [0, 0.1) is 0 Å². The predicted octanol–water partition coefficient (Wildman–Crippen LogP) is 8.81. The summed E-state index contributed by atoms with van der Waals surface area (Å²) in [7, 11) is 0. The van der Waals surface area contributed by atoms with Gasteiger partial charge in [0.15, 0.2) is 6.10 Å². The lowest BCUT2D eigenvalue weighted by atomic mass is 10.2. The maximum absolute atomic E-state index is 12.8. The largest absolute Gasteiger partial charge is 0.481 e. The highest BCUT2D eigenvalue weighted by atomic mass is 35.5. The van der Waals surface area contributed by atoms with Gasteiger partial charge in [0.2, 0.25) is 11.8 Å². The summed E-state index contributed by atoms with van der Waals surface area (Å²) in [5, 5.41) is 1.99. The van der Waals surface area contributed by atoms with Crippen molar-refractivity contribution in [3.05, 3.63) is 94.2 Å². The van der Waals surface area contributed by atoms with Crippen LogP contribution in [0.5, 0.6) is 29.0 Å². The van der Waals surface area contributed by atoms with E-state index in [1.807, 2.05) is 0 Å². The van der Waals surface area contributed by atoms with Crippen molar-refractivity contribution in [2.24, 2.45) is 0 Å². The molecule has 1 N–H and O–H groups in total. The fourth-order valence-electron chi connectivity index (χ4n) is 3.23. The van der Waals surface area contributed by atoms with E-state index in [0.29, 0.717) is 36.0 Å². The minimum Gasteiger partial charge on any atom is -0.481 e. The number of halogens is 8. The molecule has 4 rings (SSSR count). The molecule has 0 saturated carbocycles. The summed E-state index contributed by atoms with van der Waals surface area (Å²) in [5.41, 5.74) is -1.65. The SMILES string of the molecule is CC(Oc1ccc(Oc2ncc(C(F)(F)F)cc2Cl)cc1)C(=O)Nc1ccc(Oc2ncc(C(F)(F)F)cc2Cl)cc1. The van der Waals surface area contributed by atoms with E-state index in [9.17, 15) is 31.1 Å². The van der Waals surface area contributed by atoms with E-state index >= 15 is 0 Å². The number of ether oxygens (including phenoxy) is 3. The maximum atomic E-state index is 12.8. The second-order valence-corrected chi connectivity index (χ2v) is 9.28. The number of nitrogens with one attached hydrogen (secondary N) is 1. The molecule has 0 fully saturated rings. The highest BCUT2D eigenvalue weighted by Crippen LogP contribution is 2.36. The number of alkyl halides is 6. The van der Waals surface area contributed by atoms with Gasteiger partial charge in [-0.25, -0.2) is 9.97 Å². The third-order valence-corrected chi connectivity index (χ3v) is 5.87. The Balaban J connectivity index is 1.30. The number of pyridine rings is 2. The molecule has 0 bridgehead atoms. The topological polar surface area (TPSA) is 82.6 Å². The van der Waals surface area contributed by atoms with Gasteiger partial charge in [0.1, 0.15) is 27.3 Å². The molecule has 0 aliphatic heterocycles. The average molecular weight is 632 g/mol. The molecule has 0 spiro atoms. The van der Waals surface area contributed by atoms with Crippen molar-refractivity contribution in [2.45, 2.75) is 25.4 Å². The molecule has 2 heterocycles. The van der Waals surface area contributed by atoms with Crippen molar-refractivity contribution in [3.8, 4) is 29.0 Å². The quantitative estimate of drug-likeness (QED) is 0.196. The Morgan fingerprint density at radius 3 is 1.55 bits per heavy atom. The van der Waals surface area contributed by atoms with Crippen LogP contribution in [0.4, 0.5) is 32.0 Å². The van der Waals surface area contributed by atoms with E-state index in [1.54, 1.807) is 0 Å². The Hall–Kier alpha value is -4.23. The molecule has 0 aliphatic carbocycles. The molecule has 0 aliphatic rings. The first kappa shape index (κ1) is 30.7. The Bertz CT molecular complexity index is 1570. The van der Waals surface area contributed by atoms with E-state index < -0.39 is 35.5 Å². The van der Waals surface area contributed by atoms with Gasteiger partial charge in [-0.15, -0.1) is 0 Å². The fourth-order valence-corrected chi connectivity index (χ4v) is 3.64. The van der Waals surface area contributed by atoms with E-state index in [-0.39, 0.29) is 33.3 Å². The third kappa shape index (κ3) is 7.95. The van der Waals surface area contributed by atoms with Gasteiger partial charge in [0.05, 0.1) is 11.1 Å². The molecule has 1 unspecified atom stereocenters. The van der Waals surface area contributed by atoms with Crippen LogP contribution < -0.4 is 19.5 Å². The van der Waals surface area contributed by atoms with Gasteiger partial charge < -0.3 is 19.5 Å². The minimum absolute atomic E-state index is 0.210. The Morgan fingerprint density at radius 1 is 0.738 bits per heavy atom. The average Bonchev–Trinajstić information content (AvgIpc) is 2.92. The molecule has 0 radical (unpaired) electrons. The van der Waals surface area contributed by atoms with Gasteiger partial charge >= 0.3 is 12.4 Å². The highest BCUT2D eigenvalue weighted by molar-refractivity contribution is 6.32. The van der Waals surface area contributed by atoms with E-state index in [4.69, 9.17) is 37.4 Å². The molecule has 0 saturated heterocycles. The molecule has 220 valence electrons. The van der Waals surface area contributed by atoms with E-state index in [2.05, 4.69) is 15.3 Å². The predicted molar refractivity (Wildman–Crippen MR) is 140 cm³/mol. The smallest absolute Gasteiger partial charge is 0.417 e. The molecule has 7 nitrogen and oxygen atoms in total. The summed E-state index contributed by atoms with van der Waals surface area (Å²) in [6.07, 6.45) is -8.94. The lowest BCUT2D eigenvalue weighted by molar-refractivity contribution is -0.138. The fraction of sp³-hybridized carbons (Fsp3) is 0.148. The van der Waals surface area contributed by atoms with Crippen LogP contribution >= 0.6 is 23.2 Å². The van der Waals surface area contributed by atoms with Crippen molar-refractivity contribution in [2.75, 3.05) is 5.32 Å². The molecule has 1 amide bonds. The number of nitrogens with zero attached hydrogens (tertiary/aromatic N) is 2. The van der Waals surface area contributed by atoms with Gasteiger partial charge in [0, 0.05) is 18.1 Å². The molecular formula is C27H17Cl2F6N3O4. The summed E-state index contributed by atoms with van der Waals surface area (Å²) in [5.74, 6) is -0.233. The normalized spacial score (nSPS) is 12.4. The Labute approximate surface area is 244 Å². The zero-order chi connectivity index (χ0) is 30.7. The molecule has 4 aromatic rings. The van der Waals surface area contributed by atoms with E-state index in [1.165, 1.54) is 55.5 Å². The second kappa shape index (κ2) is 12.3. The van der Waals surface area contributed by atoms with Crippen molar-refractivity contribution in [3.63, 3.8) is 0 Å². The number of carbonyl (C=O) groups is 1. The number of aromatic nitrogens is 2. The number of anilines is 1. The summed E-state index contributed by atoms with van der Waals surface area (Å²) >= 11 is 11.7. The number of benzene rings is 2. The molecule has 1 atom stereocenters. The molecule has 15 heteroatoms. The number of hydrogen-bond donors (Lipinski definition) is 1. The molecule has 2 aromatic carbocycles. The van der Waals surface area contributed by atoms with E-state index in [0.717, 1.165) is 0 Å².